The molecular formula is C15H16ClNO2S. The minimum Gasteiger partial charge on any atom is -0.269 e. The molecule has 0 aliphatic rings. The van der Waals surface area contributed by atoms with Crippen molar-refractivity contribution in [2.45, 2.75) is 17.7 Å². The van der Waals surface area contributed by atoms with Crippen LogP contribution in [0, 0.1) is 6.92 Å². The summed E-state index contributed by atoms with van der Waals surface area (Å²) in [5.74, 6) is 0.369. The SMILES string of the molecule is Cc1cccc(N(C)S(=O)(=O)c2ccc(CCl)cc2)c1. The van der Waals surface area contributed by atoms with Crippen LogP contribution < -0.4 is 4.31 Å². The van der Waals surface area contributed by atoms with Crippen LogP contribution in [0.25, 0.3) is 0 Å². The number of hydrogen-bond acceptors (Lipinski definition) is 2. The molecule has 106 valence electrons. The van der Waals surface area contributed by atoms with Gasteiger partial charge in [-0.05, 0) is 42.3 Å². The molecule has 20 heavy (non-hydrogen) atoms. The highest BCUT2D eigenvalue weighted by Gasteiger charge is 2.21. The van der Waals surface area contributed by atoms with E-state index in [-0.39, 0.29) is 4.90 Å². The van der Waals surface area contributed by atoms with E-state index in [2.05, 4.69) is 0 Å². The molecule has 0 aromatic heterocycles. The third-order valence-corrected chi connectivity index (χ3v) is 5.21. The Kier molecular flexibility index (Phi) is 4.35. The van der Waals surface area contributed by atoms with Gasteiger partial charge in [0.15, 0.2) is 0 Å². The number of benzene rings is 2. The van der Waals surface area contributed by atoms with E-state index >= 15 is 0 Å². The zero-order valence-electron chi connectivity index (χ0n) is 11.4. The predicted molar refractivity (Wildman–Crippen MR) is 82.8 cm³/mol. The van der Waals surface area contributed by atoms with Crippen molar-refractivity contribution in [3.8, 4) is 0 Å². The van der Waals surface area contributed by atoms with Crippen molar-refractivity contribution in [3.63, 3.8) is 0 Å². The van der Waals surface area contributed by atoms with Gasteiger partial charge in [-0.2, -0.15) is 0 Å². The lowest BCUT2D eigenvalue weighted by atomic mass is 10.2. The summed E-state index contributed by atoms with van der Waals surface area (Å²) in [4.78, 5) is 0.260. The summed E-state index contributed by atoms with van der Waals surface area (Å²) in [6, 6.07) is 14.0. The van der Waals surface area contributed by atoms with E-state index in [0.717, 1.165) is 11.1 Å². The Morgan fingerprint density at radius 2 is 1.75 bits per heavy atom. The van der Waals surface area contributed by atoms with E-state index in [1.54, 1.807) is 37.4 Å². The van der Waals surface area contributed by atoms with Gasteiger partial charge < -0.3 is 0 Å². The van der Waals surface area contributed by atoms with Gasteiger partial charge >= 0.3 is 0 Å². The van der Waals surface area contributed by atoms with Crippen molar-refractivity contribution in [2.24, 2.45) is 0 Å². The lowest BCUT2D eigenvalue weighted by Crippen LogP contribution is -2.26. The minimum atomic E-state index is -3.54. The molecule has 3 nitrogen and oxygen atoms in total. The maximum absolute atomic E-state index is 12.5. The summed E-state index contributed by atoms with van der Waals surface area (Å²) in [6.07, 6.45) is 0. The van der Waals surface area contributed by atoms with Crippen LogP contribution in [0.1, 0.15) is 11.1 Å². The Balaban J connectivity index is 2.38. The zero-order chi connectivity index (χ0) is 14.8. The Hall–Kier alpha value is -1.52. The molecule has 0 N–H and O–H groups in total. The highest BCUT2D eigenvalue weighted by atomic mass is 35.5. The first kappa shape index (κ1) is 14.9. The summed E-state index contributed by atoms with van der Waals surface area (Å²) in [7, 11) is -1.99. The number of aryl methyl sites for hydroxylation is 1. The lowest BCUT2D eigenvalue weighted by Gasteiger charge is -2.20. The first-order valence-corrected chi connectivity index (χ1v) is 8.13. The monoisotopic (exact) mass is 309 g/mol. The topological polar surface area (TPSA) is 37.4 Å². The van der Waals surface area contributed by atoms with Crippen molar-refractivity contribution < 1.29 is 8.42 Å². The van der Waals surface area contributed by atoms with Crippen molar-refractivity contribution in [2.75, 3.05) is 11.4 Å². The molecule has 0 unspecified atom stereocenters. The standard InChI is InChI=1S/C15H16ClNO2S/c1-12-4-3-5-14(10-12)17(2)20(18,19)15-8-6-13(11-16)7-9-15/h3-10H,11H2,1-2H3. The lowest BCUT2D eigenvalue weighted by molar-refractivity contribution is 0.594. The van der Waals surface area contributed by atoms with Gasteiger partial charge in [0.2, 0.25) is 0 Å². The van der Waals surface area contributed by atoms with E-state index in [4.69, 9.17) is 11.6 Å². The third-order valence-electron chi connectivity index (χ3n) is 3.10. The highest BCUT2D eigenvalue weighted by molar-refractivity contribution is 7.92. The summed E-state index contributed by atoms with van der Waals surface area (Å²) in [6.45, 7) is 1.93. The van der Waals surface area contributed by atoms with Crippen molar-refractivity contribution >= 4 is 27.3 Å². The van der Waals surface area contributed by atoms with Gasteiger partial charge in [0.1, 0.15) is 0 Å². The molecule has 2 rings (SSSR count). The van der Waals surface area contributed by atoms with E-state index in [9.17, 15) is 8.42 Å². The quantitative estimate of drug-likeness (QED) is 0.810. The van der Waals surface area contributed by atoms with Crippen LogP contribution in [-0.2, 0) is 15.9 Å². The van der Waals surface area contributed by atoms with Gasteiger partial charge in [0.25, 0.3) is 10.0 Å². The van der Waals surface area contributed by atoms with E-state index < -0.39 is 10.0 Å². The molecule has 2 aromatic rings. The predicted octanol–water partition coefficient (Wildman–Crippen LogP) is 3.56. The van der Waals surface area contributed by atoms with Gasteiger partial charge in [-0.25, -0.2) is 8.42 Å². The second kappa shape index (κ2) is 5.85. The van der Waals surface area contributed by atoms with Crippen LogP contribution in [-0.4, -0.2) is 15.5 Å². The fourth-order valence-corrected chi connectivity index (χ4v) is 3.24. The molecule has 0 spiro atoms. The molecule has 0 saturated heterocycles. The van der Waals surface area contributed by atoms with Gasteiger partial charge in [-0.15, -0.1) is 11.6 Å². The molecule has 0 atom stereocenters. The number of sulfonamides is 1. The van der Waals surface area contributed by atoms with E-state index in [1.807, 2.05) is 25.1 Å². The Morgan fingerprint density at radius 1 is 1.10 bits per heavy atom. The largest absolute Gasteiger partial charge is 0.269 e. The molecular weight excluding hydrogens is 294 g/mol. The molecule has 2 aromatic carbocycles. The first-order chi connectivity index (χ1) is 9.45. The second-order valence-corrected chi connectivity index (χ2v) is 6.83. The molecule has 0 saturated carbocycles. The van der Waals surface area contributed by atoms with Crippen molar-refractivity contribution in [3.05, 3.63) is 59.7 Å². The maximum atomic E-state index is 12.5. The van der Waals surface area contributed by atoms with E-state index in [0.29, 0.717) is 11.6 Å². The summed E-state index contributed by atoms with van der Waals surface area (Å²) in [5, 5.41) is 0. The van der Waals surface area contributed by atoms with Gasteiger partial charge in [-0.3, -0.25) is 4.31 Å². The van der Waals surface area contributed by atoms with Crippen LogP contribution in [0.2, 0.25) is 0 Å². The number of alkyl halides is 1. The summed E-state index contributed by atoms with van der Waals surface area (Å²) >= 11 is 5.71. The van der Waals surface area contributed by atoms with Crippen LogP contribution in [0.5, 0.6) is 0 Å². The first-order valence-electron chi connectivity index (χ1n) is 6.15. The number of halogens is 1. The van der Waals surface area contributed by atoms with Crippen molar-refractivity contribution in [1.82, 2.24) is 0 Å². The number of nitrogens with zero attached hydrogens (tertiary/aromatic N) is 1. The van der Waals surface area contributed by atoms with Gasteiger partial charge in [0.05, 0.1) is 10.6 Å². The van der Waals surface area contributed by atoms with Gasteiger partial charge in [-0.1, -0.05) is 24.3 Å². The number of anilines is 1. The average molecular weight is 310 g/mol. The second-order valence-electron chi connectivity index (χ2n) is 4.59. The van der Waals surface area contributed by atoms with Crippen LogP contribution in [0.15, 0.2) is 53.4 Å². The fourth-order valence-electron chi connectivity index (χ4n) is 1.87. The molecule has 0 radical (unpaired) electrons. The summed E-state index contributed by atoms with van der Waals surface area (Å²) in [5.41, 5.74) is 2.55. The number of rotatable bonds is 4. The van der Waals surface area contributed by atoms with Crippen molar-refractivity contribution in [1.29, 1.82) is 0 Å². The van der Waals surface area contributed by atoms with Gasteiger partial charge in [0, 0.05) is 12.9 Å². The van der Waals surface area contributed by atoms with Crippen LogP contribution in [0.4, 0.5) is 5.69 Å². The number of hydrogen-bond donors (Lipinski definition) is 0. The zero-order valence-corrected chi connectivity index (χ0v) is 12.9. The third kappa shape index (κ3) is 2.97. The van der Waals surface area contributed by atoms with Crippen LogP contribution >= 0.6 is 11.6 Å². The molecule has 0 amide bonds. The molecule has 0 aliphatic carbocycles. The molecule has 0 aliphatic heterocycles. The molecule has 0 heterocycles. The Morgan fingerprint density at radius 3 is 2.30 bits per heavy atom. The smallest absolute Gasteiger partial charge is 0.264 e. The molecule has 0 fully saturated rings. The average Bonchev–Trinajstić information content (AvgIpc) is 2.46. The maximum Gasteiger partial charge on any atom is 0.264 e. The van der Waals surface area contributed by atoms with E-state index in [1.165, 1.54) is 4.31 Å². The Bertz CT molecular complexity index is 696. The van der Waals surface area contributed by atoms with Crippen LogP contribution in [0.3, 0.4) is 0 Å². The Labute approximate surface area is 124 Å². The fraction of sp³-hybridized carbons (Fsp3) is 0.200. The molecule has 0 bridgehead atoms. The summed E-state index contributed by atoms with van der Waals surface area (Å²) < 4.78 is 26.4. The highest BCUT2D eigenvalue weighted by Crippen LogP contribution is 2.23. The normalized spacial score (nSPS) is 11.3. The molecule has 5 heteroatoms. The minimum absolute atomic E-state index is 0.260.